The minimum absolute atomic E-state index is 0.123. The number of anilines is 1. The molecular formula is C17H18N4O3. The van der Waals surface area contributed by atoms with Crippen molar-refractivity contribution >= 4 is 17.5 Å². The van der Waals surface area contributed by atoms with Gasteiger partial charge in [-0.3, -0.25) is 14.6 Å². The van der Waals surface area contributed by atoms with Crippen LogP contribution in [0.4, 0.5) is 5.69 Å². The quantitative estimate of drug-likeness (QED) is 0.920. The highest BCUT2D eigenvalue weighted by Gasteiger charge is 2.36. The normalized spacial score (nSPS) is 14.0. The Labute approximate surface area is 139 Å². The number of rotatable bonds is 4. The molecule has 2 heterocycles. The first-order chi connectivity index (χ1) is 11.6. The second kappa shape index (κ2) is 6.66. The first-order valence-electron chi connectivity index (χ1n) is 7.59. The van der Waals surface area contributed by atoms with Crippen LogP contribution in [0.25, 0.3) is 0 Å². The monoisotopic (exact) mass is 326 g/mol. The van der Waals surface area contributed by atoms with E-state index in [9.17, 15) is 9.59 Å². The van der Waals surface area contributed by atoms with Crippen molar-refractivity contribution in [1.82, 2.24) is 14.9 Å². The molecule has 0 bridgehead atoms. The fraction of sp³-hybridized carbons (Fsp3) is 0.294. The predicted octanol–water partition coefficient (Wildman–Crippen LogP) is 1.50. The molecule has 1 aliphatic rings. The molecule has 1 aromatic heterocycles. The Morgan fingerprint density at radius 3 is 2.75 bits per heavy atom. The predicted molar refractivity (Wildman–Crippen MR) is 87.8 cm³/mol. The summed E-state index contributed by atoms with van der Waals surface area (Å²) in [5, 5.41) is 2.87. The summed E-state index contributed by atoms with van der Waals surface area (Å²) in [6.45, 7) is 2.69. The Bertz CT molecular complexity index is 758. The zero-order valence-electron chi connectivity index (χ0n) is 13.5. The van der Waals surface area contributed by atoms with E-state index in [0.717, 1.165) is 5.56 Å². The van der Waals surface area contributed by atoms with E-state index in [2.05, 4.69) is 15.3 Å². The molecule has 0 saturated carbocycles. The third-order valence-electron chi connectivity index (χ3n) is 3.93. The van der Waals surface area contributed by atoms with Gasteiger partial charge in [-0.15, -0.1) is 0 Å². The van der Waals surface area contributed by atoms with Crippen LogP contribution in [-0.2, 0) is 4.79 Å². The number of likely N-dealkylation sites (tertiary alicyclic amines) is 1. The SMILES string of the molecule is COc1ccc(C)cc1NC(=O)C1CN(C(=O)c2cnccn2)C1. The average Bonchev–Trinajstić information content (AvgIpc) is 2.54. The molecule has 0 spiro atoms. The van der Waals surface area contributed by atoms with Crippen LogP contribution in [0.3, 0.4) is 0 Å². The summed E-state index contributed by atoms with van der Waals surface area (Å²) in [5.41, 5.74) is 1.96. The third kappa shape index (κ3) is 3.19. The van der Waals surface area contributed by atoms with E-state index in [1.807, 2.05) is 25.1 Å². The maximum atomic E-state index is 12.3. The van der Waals surface area contributed by atoms with Crippen LogP contribution in [0.1, 0.15) is 16.1 Å². The molecule has 7 nitrogen and oxygen atoms in total. The summed E-state index contributed by atoms with van der Waals surface area (Å²) < 4.78 is 5.26. The van der Waals surface area contributed by atoms with Gasteiger partial charge in [0.1, 0.15) is 11.4 Å². The van der Waals surface area contributed by atoms with E-state index < -0.39 is 0 Å². The molecule has 124 valence electrons. The van der Waals surface area contributed by atoms with Gasteiger partial charge < -0.3 is 15.0 Å². The standard InChI is InChI=1S/C17H18N4O3/c1-11-3-4-15(24-2)13(7-11)20-16(22)12-9-21(10-12)17(23)14-8-18-5-6-19-14/h3-8,12H,9-10H2,1-2H3,(H,20,22). The van der Waals surface area contributed by atoms with Crippen LogP contribution in [0.2, 0.25) is 0 Å². The van der Waals surface area contributed by atoms with Crippen molar-refractivity contribution in [2.75, 3.05) is 25.5 Å². The molecule has 3 rings (SSSR count). The number of hydrogen-bond acceptors (Lipinski definition) is 5. The van der Waals surface area contributed by atoms with Crippen LogP contribution < -0.4 is 10.1 Å². The number of hydrogen-bond donors (Lipinski definition) is 1. The Balaban J connectivity index is 1.59. The van der Waals surface area contributed by atoms with E-state index >= 15 is 0 Å². The summed E-state index contributed by atoms with van der Waals surface area (Å²) in [6, 6.07) is 5.59. The van der Waals surface area contributed by atoms with E-state index in [1.165, 1.54) is 18.6 Å². The molecule has 1 aliphatic heterocycles. The molecule has 0 aliphatic carbocycles. The maximum absolute atomic E-state index is 12.3. The molecule has 2 aromatic rings. The van der Waals surface area contributed by atoms with Crippen LogP contribution in [-0.4, -0.2) is 46.9 Å². The lowest BCUT2D eigenvalue weighted by Gasteiger charge is -2.37. The number of aryl methyl sites for hydroxylation is 1. The topological polar surface area (TPSA) is 84.4 Å². The molecule has 1 fully saturated rings. The summed E-state index contributed by atoms with van der Waals surface area (Å²) in [5.74, 6) is 0.0407. The van der Waals surface area contributed by atoms with Gasteiger partial charge in [-0.25, -0.2) is 4.98 Å². The second-order valence-electron chi connectivity index (χ2n) is 5.69. The van der Waals surface area contributed by atoms with Gasteiger partial charge in [-0.1, -0.05) is 6.07 Å². The highest BCUT2D eigenvalue weighted by Crippen LogP contribution is 2.27. The molecular weight excluding hydrogens is 308 g/mol. The Hall–Kier alpha value is -2.96. The smallest absolute Gasteiger partial charge is 0.274 e. The van der Waals surface area contributed by atoms with Crippen LogP contribution in [0.15, 0.2) is 36.8 Å². The van der Waals surface area contributed by atoms with Crippen molar-refractivity contribution in [3.63, 3.8) is 0 Å². The van der Waals surface area contributed by atoms with Gasteiger partial charge >= 0.3 is 0 Å². The number of benzene rings is 1. The Kier molecular flexibility index (Phi) is 4.41. The average molecular weight is 326 g/mol. The lowest BCUT2D eigenvalue weighted by atomic mass is 9.98. The summed E-state index contributed by atoms with van der Waals surface area (Å²) in [7, 11) is 1.56. The summed E-state index contributed by atoms with van der Waals surface area (Å²) in [6.07, 6.45) is 4.41. The van der Waals surface area contributed by atoms with Gasteiger partial charge in [0.25, 0.3) is 5.91 Å². The number of methoxy groups -OCH3 is 1. The third-order valence-corrected chi connectivity index (χ3v) is 3.93. The van der Waals surface area contributed by atoms with Crippen LogP contribution >= 0.6 is 0 Å². The van der Waals surface area contributed by atoms with Gasteiger partial charge in [0.15, 0.2) is 0 Å². The number of carbonyl (C=O) groups excluding carboxylic acids is 2. The van der Waals surface area contributed by atoms with Gasteiger partial charge in [0.2, 0.25) is 5.91 Å². The highest BCUT2D eigenvalue weighted by atomic mass is 16.5. The fourth-order valence-corrected chi connectivity index (χ4v) is 2.54. The van der Waals surface area contributed by atoms with E-state index in [4.69, 9.17) is 4.74 Å². The van der Waals surface area contributed by atoms with E-state index in [1.54, 1.807) is 12.0 Å². The zero-order valence-corrected chi connectivity index (χ0v) is 13.5. The number of nitrogens with zero attached hydrogens (tertiary/aromatic N) is 3. The lowest BCUT2D eigenvalue weighted by Crippen LogP contribution is -2.54. The number of nitrogens with one attached hydrogen (secondary N) is 1. The van der Waals surface area contributed by atoms with Crippen molar-refractivity contribution in [2.45, 2.75) is 6.92 Å². The van der Waals surface area contributed by atoms with Crippen molar-refractivity contribution in [3.05, 3.63) is 48.0 Å². The number of ether oxygens (including phenoxy) is 1. The zero-order chi connectivity index (χ0) is 17.1. The van der Waals surface area contributed by atoms with Crippen molar-refractivity contribution < 1.29 is 14.3 Å². The molecule has 0 unspecified atom stereocenters. The first kappa shape index (κ1) is 15.9. The van der Waals surface area contributed by atoms with Gasteiger partial charge in [-0.05, 0) is 24.6 Å². The minimum Gasteiger partial charge on any atom is -0.495 e. The summed E-state index contributed by atoms with van der Waals surface area (Å²) in [4.78, 5) is 34.0. The molecule has 1 N–H and O–H groups in total. The van der Waals surface area contributed by atoms with E-state index in [-0.39, 0.29) is 23.4 Å². The molecule has 1 aromatic carbocycles. The van der Waals surface area contributed by atoms with Crippen LogP contribution in [0.5, 0.6) is 5.75 Å². The fourth-order valence-electron chi connectivity index (χ4n) is 2.54. The Morgan fingerprint density at radius 2 is 2.08 bits per heavy atom. The molecule has 24 heavy (non-hydrogen) atoms. The second-order valence-corrected chi connectivity index (χ2v) is 5.69. The molecule has 1 saturated heterocycles. The Morgan fingerprint density at radius 1 is 1.29 bits per heavy atom. The maximum Gasteiger partial charge on any atom is 0.274 e. The highest BCUT2D eigenvalue weighted by molar-refractivity contribution is 5.98. The van der Waals surface area contributed by atoms with Crippen LogP contribution in [0, 0.1) is 12.8 Å². The number of amides is 2. The van der Waals surface area contributed by atoms with Gasteiger partial charge in [0.05, 0.1) is 24.9 Å². The van der Waals surface area contributed by atoms with Crippen molar-refractivity contribution in [1.29, 1.82) is 0 Å². The minimum atomic E-state index is -0.240. The summed E-state index contributed by atoms with van der Waals surface area (Å²) >= 11 is 0. The lowest BCUT2D eigenvalue weighted by molar-refractivity contribution is -0.123. The molecule has 2 amide bonds. The number of carbonyl (C=O) groups is 2. The van der Waals surface area contributed by atoms with E-state index in [0.29, 0.717) is 24.5 Å². The molecule has 7 heteroatoms. The number of aromatic nitrogens is 2. The van der Waals surface area contributed by atoms with Gasteiger partial charge in [-0.2, -0.15) is 0 Å². The largest absolute Gasteiger partial charge is 0.495 e. The first-order valence-corrected chi connectivity index (χ1v) is 7.59. The van der Waals surface area contributed by atoms with Gasteiger partial charge in [0, 0.05) is 25.5 Å². The molecule has 0 atom stereocenters. The van der Waals surface area contributed by atoms with Crippen molar-refractivity contribution in [2.24, 2.45) is 5.92 Å². The molecule has 0 radical (unpaired) electrons. The van der Waals surface area contributed by atoms with Crippen molar-refractivity contribution in [3.8, 4) is 5.75 Å².